The lowest BCUT2D eigenvalue weighted by Gasteiger charge is -2.14. The molecule has 1 unspecified atom stereocenters. The van der Waals surface area contributed by atoms with Crippen LogP contribution in [0.4, 0.5) is 0 Å². The molecule has 0 aliphatic carbocycles. The summed E-state index contributed by atoms with van der Waals surface area (Å²) in [6.45, 7) is 1.95. The number of H-pyrrole nitrogens is 1. The third-order valence-corrected chi connectivity index (χ3v) is 2.87. The van der Waals surface area contributed by atoms with Gasteiger partial charge in [-0.05, 0) is 6.92 Å². The lowest BCUT2D eigenvalue weighted by Crippen LogP contribution is -2.17. The molecule has 2 aromatic rings. The summed E-state index contributed by atoms with van der Waals surface area (Å²) in [5.41, 5.74) is 0.271. The average Bonchev–Trinajstić information content (AvgIpc) is 2.71. The largest absolute Gasteiger partial charge is 0.364 e. The maximum Gasteiger partial charge on any atom is 0.350 e. The molecule has 0 fully saturated rings. The van der Waals surface area contributed by atoms with Gasteiger partial charge in [-0.3, -0.25) is 9.36 Å². The minimum absolute atomic E-state index is 0.213. The Labute approximate surface area is 107 Å². The normalized spacial score (nSPS) is 13.8. The maximum atomic E-state index is 11.4. The summed E-state index contributed by atoms with van der Waals surface area (Å²) < 4.78 is 17.3. The number of ether oxygens (including phenoxy) is 1. The van der Waals surface area contributed by atoms with Crippen molar-refractivity contribution in [3.05, 3.63) is 23.0 Å². The van der Waals surface area contributed by atoms with E-state index in [1.54, 1.807) is 11.5 Å². The fourth-order valence-electron chi connectivity index (χ4n) is 1.58. The molecule has 10 heteroatoms. The van der Waals surface area contributed by atoms with Crippen LogP contribution in [0.15, 0.2) is 17.4 Å². The van der Waals surface area contributed by atoms with Crippen molar-refractivity contribution >= 4 is 18.8 Å². The van der Waals surface area contributed by atoms with Crippen LogP contribution in [0.5, 0.6) is 0 Å². The first-order chi connectivity index (χ1) is 8.87. The summed E-state index contributed by atoms with van der Waals surface area (Å²) in [7, 11) is -4.18. The van der Waals surface area contributed by atoms with Crippen molar-refractivity contribution in [2.45, 2.75) is 19.6 Å². The molecule has 0 saturated heterocycles. The Balaban J connectivity index is 2.11. The Morgan fingerprint density at radius 3 is 2.95 bits per heavy atom. The predicted molar refractivity (Wildman–Crippen MR) is 65.6 cm³/mol. The zero-order valence-electron chi connectivity index (χ0n) is 10.1. The lowest BCUT2D eigenvalue weighted by atomic mass is 10.4. The topological polar surface area (TPSA) is 130 Å². The number of imidazole rings is 1. The fourth-order valence-corrected chi connectivity index (χ4v) is 2.03. The van der Waals surface area contributed by atoms with Gasteiger partial charge in [-0.1, -0.05) is 0 Å². The van der Waals surface area contributed by atoms with E-state index in [1.807, 2.05) is 0 Å². The molecule has 1 atom stereocenters. The molecule has 2 heterocycles. The van der Waals surface area contributed by atoms with Gasteiger partial charge < -0.3 is 24.1 Å². The van der Waals surface area contributed by atoms with Crippen LogP contribution < -0.4 is 5.56 Å². The molecule has 3 N–H and O–H groups in total. The minimum atomic E-state index is -4.18. The van der Waals surface area contributed by atoms with Gasteiger partial charge in [0.25, 0.3) is 5.56 Å². The lowest BCUT2D eigenvalue weighted by molar-refractivity contribution is 0.0764. The van der Waals surface area contributed by atoms with E-state index < -0.39 is 20.0 Å². The summed E-state index contributed by atoms with van der Waals surface area (Å²) in [6, 6.07) is 0. The highest BCUT2D eigenvalue weighted by atomic mass is 31.2. The van der Waals surface area contributed by atoms with E-state index in [4.69, 9.17) is 14.5 Å². The number of aromatic amines is 1. The monoisotopic (exact) mass is 288 g/mol. The summed E-state index contributed by atoms with van der Waals surface area (Å²) in [6.07, 6.45) is 1.61. The predicted octanol–water partition coefficient (Wildman–Crippen LogP) is -0.340. The number of nitrogens with zero attached hydrogens (tertiary/aromatic N) is 3. The van der Waals surface area contributed by atoms with Gasteiger partial charge in [0.05, 0.1) is 25.3 Å². The summed E-state index contributed by atoms with van der Waals surface area (Å²) in [5.74, 6) is 0. The van der Waals surface area contributed by atoms with Crippen molar-refractivity contribution in [3.63, 3.8) is 0 Å². The molecule has 0 amide bonds. The molecule has 0 aliphatic rings. The molecule has 19 heavy (non-hydrogen) atoms. The van der Waals surface area contributed by atoms with Crippen molar-refractivity contribution in [3.8, 4) is 0 Å². The molecule has 0 aliphatic heterocycles. The molecular weight excluding hydrogens is 275 g/mol. The van der Waals surface area contributed by atoms with Crippen molar-refractivity contribution in [2.24, 2.45) is 0 Å². The first kappa shape index (κ1) is 13.9. The standard InChI is InChI=1S/C9H13N4O5P/c1-6(18-5-19(15,16)17)2-13-4-12-7-8(13)10-3-11-9(7)14/h3-4,6H,2,5H2,1H3,(H,10,11,14)(H2,15,16,17). The first-order valence-corrected chi connectivity index (χ1v) is 7.21. The van der Waals surface area contributed by atoms with Crippen molar-refractivity contribution in [1.29, 1.82) is 0 Å². The Kier molecular flexibility index (Phi) is 3.81. The second-order valence-corrected chi connectivity index (χ2v) is 5.66. The van der Waals surface area contributed by atoms with Gasteiger partial charge in [0.1, 0.15) is 6.35 Å². The van der Waals surface area contributed by atoms with Gasteiger partial charge in [-0.25, -0.2) is 9.97 Å². The molecule has 0 radical (unpaired) electrons. The molecule has 0 saturated carbocycles. The van der Waals surface area contributed by atoms with E-state index in [0.29, 0.717) is 5.65 Å². The third kappa shape index (κ3) is 3.48. The molecule has 0 aromatic carbocycles. The smallest absolute Gasteiger partial charge is 0.350 e. The van der Waals surface area contributed by atoms with Crippen LogP contribution in [0.2, 0.25) is 0 Å². The number of nitrogens with one attached hydrogen (secondary N) is 1. The van der Waals surface area contributed by atoms with Crippen LogP contribution in [-0.4, -0.2) is 41.8 Å². The van der Waals surface area contributed by atoms with Crippen LogP contribution in [0.25, 0.3) is 11.2 Å². The number of hydrogen-bond acceptors (Lipinski definition) is 5. The van der Waals surface area contributed by atoms with Gasteiger partial charge in [-0.2, -0.15) is 0 Å². The molecule has 104 valence electrons. The Bertz CT molecular complexity index is 675. The maximum absolute atomic E-state index is 11.4. The van der Waals surface area contributed by atoms with E-state index in [9.17, 15) is 9.36 Å². The van der Waals surface area contributed by atoms with E-state index in [1.165, 1.54) is 12.7 Å². The SMILES string of the molecule is CC(Cn1cnc2c(=O)[nH]cnc21)OCP(=O)(O)O. The first-order valence-electron chi connectivity index (χ1n) is 5.41. The van der Waals surface area contributed by atoms with Crippen LogP contribution >= 0.6 is 7.60 Å². The van der Waals surface area contributed by atoms with Crippen LogP contribution in [0.1, 0.15) is 6.92 Å². The Hall–Kier alpha value is -1.54. The number of fused-ring (bicyclic) bond motifs is 1. The Morgan fingerprint density at radius 2 is 2.26 bits per heavy atom. The molecule has 9 nitrogen and oxygen atoms in total. The van der Waals surface area contributed by atoms with Crippen molar-refractivity contribution < 1.29 is 19.1 Å². The molecule has 2 rings (SSSR count). The summed E-state index contributed by atoms with van der Waals surface area (Å²) in [5, 5.41) is 0. The number of hydrogen-bond donors (Lipinski definition) is 3. The average molecular weight is 288 g/mol. The van der Waals surface area contributed by atoms with Gasteiger partial charge in [0.15, 0.2) is 11.2 Å². The highest BCUT2D eigenvalue weighted by molar-refractivity contribution is 7.51. The van der Waals surface area contributed by atoms with E-state index in [2.05, 4.69) is 15.0 Å². The van der Waals surface area contributed by atoms with Gasteiger partial charge in [0.2, 0.25) is 0 Å². The second-order valence-electron chi connectivity index (χ2n) is 4.07. The highest BCUT2D eigenvalue weighted by Crippen LogP contribution is 2.34. The van der Waals surface area contributed by atoms with Crippen LogP contribution in [0.3, 0.4) is 0 Å². The summed E-state index contributed by atoms with van der Waals surface area (Å²) in [4.78, 5) is 39.2. The second kappa shape index (κ2) is 5.22. The zero-order valence-corrected chi connectivity index (χ0v) is 10.9. The van der Waals surface area contributed by atoms with Crippen molar-refractivity contribution in [1.82, 2.24) is 19.5 Å². The van der Waals surface area contributed by atoms with Gasteiger partial charge in [0, 0.05) is 0 Å². The van der Waals surface area contributed by atoms with Gasteiger partial charge in [-0.15, -0.1) is 0 Å². The van der Waals surface area contributed by atoms with E-state index in [-0.39, 0.29) is 17.6 Å². The summed E-state index contributed by atoms with van der Waals surface area (Å²) >= 11 is 0. The number of rotatable bonds is 5. The molecule has 2 aromatic heterocycles. The third-order valence-electron chi connectivity index (χ3n) is 2.39. The highest BCUT2D eigenvalue weighted by Gasteiger charge is 2.16. The fraction of sp³-hybridized carbons (Fsp3) is 0.444. The van der Waals surface area contributed by atoms with E-state index in [0.717, 1.165) is 0 Å². The molecule has 0 bridgehead atoms. The van der Waals surface area contributed by atoms with Crippen LogP contribution in [-0.2, 0) is 15.8 Å². The Morgan fingerprint density at radius 1 is 1.53 bits per heavy atom. The van der Waals surface area contributed by atoms with E-state index >= 15 is 0 Å². The minimum Gasteiger partial charge on any atom is -0.364 e. The number of aromatic nitrogens is 4. The van der Waals surface area contributed by atoms with Crippen molar-refractivity contribution in [2.75, 3.05) is 6.35 Å². The van der Waals surface area contributed by atoms with Crippen LogP contribution in [0, 0.1) is 0 Å². The zero-order chi connectivity index (χ0) is 14.0. The molecule has 0 spiro atoms. The molecular formula is C9H13N4O5P. The van der Waals surface area contributed by atoms with Gasteiger partial charge >= 0.3 is 7.60 Å². The quantitative estimate of drug-likeness (QED) is 0.641.